The van der Waals surface area contributed by atoms with Gasteiger partial charge in [-0.25, -0.2) is 9.98 Å². The van der Waals surface area contributed by atoms with Crippen LogP contribution in [0.1, 0.15) is 42.3 Å². The first kappa shape index (κ1) is 25.1. The third-order valence-electron chi connectivity index (χ3n) is 9.40. The van der Waals surface area contributed by atoms with E-state index in [0.29, 0.717) is 0 Å². The Hall–Kier alpha value is -5.48. The fourth-order valence-corrected chi connectivity index (χ4v) is 7.48. The highest BCUT2D eigenvalue weighted by molar-refractivity contribution is 6.29. The second kappa shape index (κ2) is 9.26. The molecule has 0 saturated heterocycles. The third kappa shape index (κ3) is 3.45. The van der Waals surface area contributed by atoms with Crippen LogP contribution in [0.2, 0.25) is 0 Å². The van der Waals surface area contributed by atoms with Crippen LogP contribution in [0.25, 0.3) is 43.7 Å². The number of rotatable bonds is 2. The summed E-state index contributed by atoms with van der Waals surface area (Å²) in [5.74, 6) is 1.60. The van der Waals surface area contributed by atoms with Crippen molar-refractivity contribution in [3.8, 4) is 11.1 Å². The van der Waals surface area contributed by atoms with Crippen LogP contribution in [0.4, 0.5) is 0 Å². The molecule has 7 aromatic rings. The number of nitrogens with one attached hydrogen (secondary N) is 1. The Morgan fingerprint density at radius 1 is 0.636 bits per heavy atom. The van der Waals surface area contributed by atoms with Crippen molar-refractivity contribution in [2.75, 3.05) is 0 Å². The number of aromatic nitrogens is 1. The van der Waals surface area contributed by atoms with Gasteiger partial charge in [-0.3, -0.25) is 4.57 Å². The summed E-state index contributed by atoms with van der Waals surface area (Å²) in [5, 5.41) is 8.75. The van der Waals surface area contributed by atoms with Gasteiger partial charge in [0.05, 0.1) is 11.0 Å². The molecule has 0 saturated carbocycles. The third-order valence-corrected chi connectivity index (χ3v) is 9.40. The minimum atomic E-state index is -0.377. The largest absolute Gasteiger partial charge is 0.310 e. The molecular formula is C40H30N4. The lowest BCUT2D eigenvalue weighted by molar-refractivity contribution is 0.664. The summed E-state index contributed by atoms with van der Waals surface area (Å²) in [6.45, 7) is 4.74. The van der Waals surface area contributed by atoms with Crippen LogP contribution in [-0.2, 0) is 5.41 Å². The van der Waals surface area contributed by atoms with Gasteiger partial charge >= 0.3 is 0 Å². The molecule has 0 spiro atoms. The van der Waals surface area contributed by atoms with Gasteiger partial charge in [-0.05, 0) is 44.7 Å². The molecule has 1 unspecified atom stereocenters. The van der Waals surface area contributed by atoms with Crippen LogP contribution in [0.3, 0.4) is 0 Å². The molecule has 1 aliphatic carbocycles. The maximum Gasteiger partial charge on any atom is 0.211 e. The van der Waals surface area contributed by atoms with Gasteiger partial charge in [-0.15, -0.1) is 0 Å². The summed E-state index contributed by atoms with van der Waals surface area (Å²) in [4.78, 5) is 10.5. The second-order valence-corrected chi connectivity index (χ2v) is 12.2. The fraction of sp³-hybridized carbons (Fsp3) is 0.100. The predicted molar refractivity (Wildman–Crippen MR) is 183 cm³/mol. The molecule has 44 heavy (non-hydrogen) atoms. The molecule has 4 nitrogen and oxygen atoms in total. The number of aliphatic imine (C=N–C) groups is 2. The van der Waals surface area contributed by atoms with E-state index in [-0.39, 0.29) is 11.6 Å². The molecule has 1 atom stereocenters. The lowest BCUT2D eigenvalue weighted by atomic mass is 9.80. The lowest BCUT2D eigenvalue weighted by Crippen LogP contribution is -2.39. The van der Waals surface area contributed by atoms with Crippen LogP contribution in [0, 0.1) is 0 Å². The van der Waals surface area contributed by atoms with Crippen LogP contribution in [-0.4, -0.2) is 16.4 Å². The van der Waals surface area contributed by atoms with E-state index in [0.717, 1.165) is 28.4 Å². The van der Waals surface area contributed by atoms with Gasteiger partial charge < -0.3 is 5.32 Å². The second-order valence-electron chi connectivity index (χ2n) is 12.2. The first-order valence-corrected chi connectivity index (χ1v) is 15.2. The van der Waals surface area contributed by atoms with E-state index in [1.807, 2.05) is 12.1 Å². The number of hydrogen-bond donors (Lipinski definition) is 1. The summed E-state index contributed by atoms with van der Waals surface area (Å²) < 4.78 is 2.37. The Labute approximate surface area is 256 Å². The van der Waals surface area contributed by atoms with Crippen molar-refractivity contribution in [2.24, 2.45) is 9.98 Å². The molecule has 2 aliphatic rings. The zero-order valence-electron chi connectivity index (χ0n) is 24.6. The maximum atomic E-state index is 5.35. The van der Waals surface area contributed by atoms with Gasteiger partial charge in [0.1, 0.15) is 5.84 Å². The van der Waals surface area contributed by atoms with E-state index in [1.165, 1.54) is 49.3 Å². The molecule has 0 bridgehead atoms. The van der Waals surface area contributed by atoms with Crippen molar-refractivity contribution in [1.82, 2.24) is 9.88 Å². The van der Waals surface area contributed by atoms with Crippen LogP contribution in [0.15, 0.2) is 143 Å². The van der Waals surface area contributed by atoms with Gasteiger partial charge in [0.2, 0.25) is 5.96 Å². The van der Waals surface area contributed by atoms with Gasteiger partial charge in [-0.1, -0.05) is 141 Å². The Bertz CT molecular complexity index is 2330. The smallest absolute Gasteiger partial charge is 0.211 e. The number of amidine groups is 1. The summed E-state index contributed by atoms with van der Waals surface area (Å²) in [6, 6.07) is 47.3. The number of fused-ring (bicyclic) bond motifs is 10. The quantitative estimate of drug-likeness (QED) is 0.223. The van der Waals surface area contributed by atoms with E-state index < -0.39 is 0 Å². The monoisotopic (exact) mass is 566 g/mol. The molecule has 1 aliphatic heterocycles. The van der Waals surface area contributed by atoms with Gasteiger partial charge in [0, 0.05) is 21.8 Å². The van der Waals surface area contributed by atoms with Gasteiger partial charge in [0.15, 0.2) is 6.17 Å². The average Bonchev–Trinajstić information content (AvgIpc) is 3.55. The standard InChI is InChI=1S/C40H30N4/c1-40(2)31-23-13-11-21-29(31)33-27-19-9-10-20-28(27)34-30-22-12-14-24-32(30)44(36(34)35(33)40)39-42-37(25-15-5-3-6-16-25)41-38(43-39)26-17-7-4-8-18-26/h3-24,37H,1-2H3,(H,41,42,43). The number of hydrogen-bond acceptors (Lipinski definition) is 3. The first-order chi connectivity index (χ1) is 21.6. The molecule has 4 heteroatoms. The van der Waals surface area contributed by atoms with Crippen molar-refractivity contribution >= 4 is 44.4 Å². The molecule has 0 radical (unpaired) electrons. The van der Waals surface area contributed by atoms with Gasteiger partial charge in [-0.2, -0.15) is 0 Å². The number of nitrogens with zero attached hydrogens (tertiary/aromatic N) is 3. The normalized spacial score (nSPS) is 16.8. The lowest BCUT2D eigenvalue weighted by Gasteiger charge is -2.27. The zero-order chi connectivity index (χ0) is 29.4. The maximum absolute atomic E-state index is 5.35. The Kier molecular flexibility index (Phi) is 5.27. The number of para-hydroxylation sites is 1. The van der Waals surface area contributed by atoms with Crippen LogP contribution >= 0.6 is 0 Å². The summed E-state index contributed by atoms with van der Waals surface area (Å²) >= 11 is 0. The van der Waals surface area contributed by atoms with E-state index >= 15 is 0 Å². The molecule has 210 valence electrons. The van der Waals surface area contributed by atoms with E-state index in [9.17, 15) is 0 Å². The molecule has 9 rings (SSSR count). The van der Waals surface area contributed by atoms with Crippen molar-refractivity contribution < 1.29 is 0 Å². The van der Waals surface area contributed by atoms with E-state index in [1.54, 1.807) is 0 Å². The van der Waals surface area contributed by atoms with E-state index in [4.69, 9.17) is 9.98 Å². The van der Waals surface area contributed by atoms with Crippen LogP contribution in [0.5, 0.6) is 0 Å². The topological polar surface area (TPSA) is 41.7 Å². The van der Waals surface area contributed by atoms with Gasteiger partial charge in [0.25, 0.3) is 0 Å². The van der Waals surface area contributed by atoms with Crippen molar-refractivity contribution in [2.45, 2.75) is 25.4 Å². The van der Waals surface area contributed by atoms with Crippen molar-refractivity contribution in [3.63, 3.8) is 0 Å². The Balaban J connectivity index is 1.43. The summed E-state index contributed by atoms with van der Waals surface area (Å²) in [7, 11) is 0. The minimum Gasteiger partial charge on any atom is -0.310 e. The highest BCUT2D eigenvalue weighted by Crippen LogP contribution is 2.55. The van der Waals surface area contributed by atoms with Crippen molar-refractivity contribution in [3.05, 3.63) is 156 Å². The molecule has 6 aromatic carbocycles. The Morgan fingerprint density at radius 2 is 1.27 bits per heavy atom. The average molecular weight is 567 g/mol. The van der Waals surface area contributed by atoms with Crippen LogP contribution < -0.4 is 5.32 Å². The molecule has 0 amide bonds. The molecule has 1 N–H and O–H groups in total. The molecular weight excluding hydrogens is 536 g/mol. The highest BCUT2D eigenvalue weighted by Gasteiger charge is 2.40. The first-order valence-electron chi connectivity index (χ1n) is 15.2. The SMILES string of the molecule is CC1(C)c2ccccc2-c2c1c1c(c3ccccc23)c2ccccc2n1C1=NC(c2ccccc2)N=C(c2ccccc2)N1. The number of benzene rings is 6. The zero-order valence-corrected chi connectivity index (χ0v) is 24.6. The van der Waals surface area contributed by atoms with Crippen molar-refractivity contribution in [1.29, 1.82) is 0 Å². The fourth-order valence-electron chi connectivity index (χ4n) is 7.48. The van der Waals surface area contributed by atoms with E-state index in [2.05, 4.69) is 145 Å². The Morgan fingerprint density at radius 3 is 2.07 bits per heavy atom. The minimum absolute atomic E-state index is 0.218. The molecule has 2 heterocycles. The molecule has 1 aromatic heterocycles. The highest BCUT2D eigenvalue weighted by atomic mass is 15.3. The predicted octanol–water partition coefficient (Wildman–Crippen LogP) is 9.21. The molecule has 0 fully saturated rings. The summed E-state index contributed by atoms with van der Waals surface area (Å²) in [5.41, 5.74) is 9.54. The summed E-state index contributed by atoms with van der Waals surface area (Å²) in [6.07, 6.45) is -0.377.